The van der Waals surface area contributed by atoms with E-state index in [4.69, 9.17) is 16.3 Å². The van der Waals surface area contributed by atoms with Crippen LogP contribution in [0.25, 0.3) is 0 Å². The predicted octanol–water partition coefficient (Wildman–Crippen LogP) is 3.62. The lowest BCUT2D eigenvalue weighted by atomic mass is 9.96. The molecule has 2 amide bonds. The Morgan fingerprint density at radius 3 is 2.58 bits per heavy atom. The number of nitrogens with zero attached hydrogens (tertiary/aromatic N) is 2. The molecule has 0 aromatic heterocycles. The minimum atomic E-state index is -0.719. The van der Waals surface area contributed by atoms with E-state index in [0.29, 0.717) is 23.0 Å². The molecule has 33 heavy (non-hydrogen) atoms. The molecular weight excluding hydrogens is 440 g/mol. The summed E-state index contributed by atoms with van der Waals surface area (Å²) in [4.78, 5) is 29.7. The van der Waals surface area contributed by atoms with Gasteiger partial charge in [-0.1, -0.05) is 23.7 Å². The Morgan fingerprint density at radius 1 is 1.06 bits per heavy atom. The summed E-state index contributed by atoms with van der Waals surface area (Å²) in [5.74, 6) is -0.879. The third kappa shape index (κ3) is 5.42. The third-order valence-corrected chi connectivity index (χ3v) is 6.79. The summed E-state index contributed by atoms with van der Waals surface area (Å²) in [7, 11) is 3.65. The maximum Gasteiger partial charge on any atom is 0.313 e. The molecule has 176 valence electrons. The second kappa shape index (κ2) is 10.4. The zero-order valence-corrected chi connectivity index (χ0v) is 20.0. The first kappa shape index (κ1) is 23.4. The molecule has 1 fully saturated rings. The van der Waals surface area contributed by atoms with E-state index < -0.39 is 11.8 Å². The number of benzene rings is 2. The summed E-state index contributed by atoms with van der Waals surface area (Å²) in [5.41, 5.74) is 4.27. The molecule has 1 atom stereocenters. The van der Waals surface area contributed by atoms with Crippen molar-refractivity contribution in [2.45, 2.75) is 31.7 Å². The van der Waals surface area contributed by atoms with E-state index in [-0.39, 0.29) is 6.04 Å². The summed E-state index contributed by atoms with van der Waals surface area (Å²) in [5, 5.41) is 5.81. The second-order valence-corrected chi connectivity index (χ2v) is 9.09. The molecule has 2 aromatic rings. The number of nitrogens with one attached hydrogen (secondary N) is 2. The van der Waals surface area contributed by atoms with Crippen molar-refractivity contribution in [1.29, 1.82) is 0 Å². The Bertz CT molecular complexity index is 1020. The average Bonchev–Trinajstić information content (AvgIpc) is 3.34. The van der Waals surface area contributed by atoms with E-state index in [1.165, 1.54) is 23.9 Å². The summed E-state index contributed by atoms with van der Waals surface area (Å²) in [6.07, 6.45) is 4.51. The van der Waals surface area contributed by atoms with Crippen LogP contribution in [0.15, 0.2) is 36.4 Å². The van der Waals surface area contributed by atoms with Gasteiger partial charge in [-0.2, -0.15) is 0 Å². The largest absolute Gasteiger partial charge is 0.495 e. The lowest BCUT2D eigenvalue weighted by Gasteiger charge is -2.31. The van der Waals surface area contributed by atoms with Crippen molar-refractivity contribution >= 4 is 34.8 Å². The topological polar surface area (TPSA) is 73.9 Å². The fourth-order valence-corrected chi connectivity index (χ4v) is 4.98. The summed E-state index contributed by atoms with van der Waals surface area (Å²) in [6, 6.07) is 11.5. The van der Waals surface area contributed by atoms with Gasteiger partial charge in [0.2, 0.25) is 0 Å². The van der Waals surface area contributed by atoms with Gasteiger partial charge in [-0.25, -0.2) is 0 Å². The molecule has 0 radical (unpaired) electrons. The fourth-order valence-electron chi connectivity index (χ4n) is 4.73. The Kier molecular flexibility index (Phi) is 7.40. The molecule has 0 spiro atoms. The number of ether oxygens (including phenoxy) is 1. The average molecular weight is 471 g/mol. The molecule has 0 unspecified atom stereocenters. The molecule has 2 heterocycles. The van der Waals surface area contributed by atoms with Crippen LogP contribution >= 0.6 is 11.6 Å². The minimum Gasteiger partial charge on any atom is -0.495 e. The van der Waals surface area contributed by atoms with E-state index in [0.717, 1.165) is 45.3 Å². The minimum absolute atomic E-state index is 0.0391. The SMILES string of the molecule is COc1ccc(NC(=O)C(=O)NC[C@H](c2ccc3c(c2)CCCN3C)N2CCCC2)cc1Cl. The predicted molar refractivity (Wildman–Crippen MR) is 131 cm³/mol. The molecule has 2 aromatic carbocycles. The first-order valence-corrected chi connectivity index (χ1v) is 11.8. The van der Waals surface area contributed by atoms with Crippen molar-refractivity contribution < 1.29 is 14.3 Å². The molecule has 0 saturated carbocycles. The molecule has 4 rings (SSSR count). The summed E-state index contributed by atoms with van der Waals surface area (Å²) in [6.45, 7) is 3.44. The molecule has 0 bridgehead atoms. The molecule has 1 saturated heterocycles. The zero-order chi connectivity index (χ0) is 23.4. The Labute approximate surface area is 200 Å². The van der Waals surface area contributed by atoms with Crippen LogP contribution in [0.2, 0.25) is 5.02 Å². The highest BCUT2D eigenvalue weighted by molar-refractivity contribution is 6.40. The number of methoxy groups -OCH3 is 1. The van der Waals surface area contributed by atoms with Gasteiger partial charge in [0, 0.05) is 31.5 Å². The van der Waals surface area contributed by atoms with Crippen LogP contribution in [0.4, 0.5) is 11.4 Å². The van der Waals surface area contributed by atoms with Crippen LogP contribution in [-0.2, 0) is 16.0 Å². The van der Waals surface area contributed by atoms with Gasteiger partial charge in [0.05, 0.1) is 18.2 Å². The number of halogens is 1. The Hall–Kier alpha value is -2.77. The van der Waals surface area contributed by atoms with Crippen molar-refractivity contribution in [1.82, 2.24) is 10.2 Å². The van der Waals surface area contributed by atoms with Gasteiger partial charge >= 0.3 is 11.8 Å². The standard InChI is InChI=1S/C25H31ClN4O3/c1-29-11-5-6-17-14-18(7-9-21(17)29)22(30-12-3-4-13-30)16-27-24(31)25(32)28-19-8-10-23(33-2)20(26)15-19/h7-10,14-15,22H,3-6,11-13,16H2,1-2H3,(H,27,31)(H,28,32)/t22-/m1/s1. The van der Waals surface area contributed by atoms with Crippen molar-refractivity contribution in [3.05, 3.63) is 52.5 Å². The van der Waals surface area contributed by atoms with Gasteiger partial charge in [-0.05, 0) is 74.2 Å². The molecule has 0 aliphatic carbocycles. The van der Waals surface area contributed by atoms with Crippen molar-refractivity contribution in [2.24, 2.45) is 0 Å². The first-order valence-electron chi connectivity index (χ1n) is 11.5. The molecule has 7 nitrogen and oxygen atoms in total. The second-order valence-electron chi connectivity index (χ2n) is 8.69. The normalized spacial score (nSPS) is 16.8. The van der Waals surface area contributed by atoms with Crippen LogP contribution in [0, 0.1) is 0 Å². The quantitative estimate of drug-likeness (QED) is 0.631. The highest BCUT2D eigenvalue weighted by Gasteiger charge is 2.26. The molecule has 8 heteroatoms. The van der Waals surface area contributed by atoms with Gasteiger partial charge in [-0.3, -0.25) is 14.5 Å². The van der Waals surface area contributed by atoms with Gasteiger partial charge in [-0.15, -0.1) is 0 Å². The monoisotopic (exact) mass is 470 g/mol. The zero-order valence-electron chi connectivity index (χ0n) is 19.2. The number of carbonyl (C=O) groups is 2. The van der Waals surface area contributed by atoms with Crippen LogP contribution < -0.4 is 20.3 Å². The summed E-state index contributed by atoms with van der Waals surface area (Å²) >= 11 is 6.11. The van der Waals surface area contributed by atoms with E-state index in [9.17, 15) is 9.59 Å². The van der Waals surface area contributed by atoms with Gasteiger partial charge in [0.15, 0.2) is 0 Å². The number of hydrogen-bond donors (Lipinski definition) is 2. The highest BCUT2D eigenvalue weighted by Crippen LogP contribution is 2.32. The Morgan fingerprint density at radius 2 is 1.85 bits per heavy atom. The van der Waals surface area contributed by atoms with Crippen LogP contribution in [0.3, 0.4) is 0 Å². The molecule has 2 N–H and O–H groups in total. The molecular formula is C25H31ClN4O3. The molecule has 2 aliphatic rings. The van der Waals surface area contributed by atoms with E-state index in [1.54, 1.807) is 18.2 Å². The number of amides is 2. The van der Waals surface area contributed by atoms with Crippen LogP contribution in [-0.4, -0.2) is 57.1 Å². The highest BCUT2D eigenvalue weighted by atomic mass is 35.5. The van der Waals surface area contributed by atoms with Gasteiger partial charge < -0.3 is 20.3 Å². The fraction of sp³-hybridized carbons (Fsp3) is 0.440. The van der Waals surface area contributed by atoms with Crippen molar-refractivity contribution in [2.75, 3.05) is 50.6 Å². The number of rotatable bonds is 6. The maximum atomic E-state index is 12.6. The summed E-state index contributed by atoms with van der Waals surface area (Å²) < 4.78 is 5.12. The first-order chi connectivity index (χ1) is 16.0. The number of fused-ring (bicyclic) bond motifs is 1. The maximum absolute atomic E-state index is 12.6. The smallest absolute Gasteiger partial charge is 0.313 e. The van der Waals surface area contributed by atoms with E-state index >= 15 is 0 Å². The number of aryl methyl sites for hydroxylation is 1. The number of carbonyl (C=O) groups excluding carboxylic acids is 2. The van der Waals surface area contributed by atoms with Crippen LogP contribution in [0.1, 0.15) is 36.4 Å². The van der Waals surface area contributed by atoms with Crippen molar-refractivity contribution in [3.8, 4) is 5.75 Å². The number of anilines is 2. The number of hydrogen-bond acceptors (Lipinski definition) is 5. The Balaban J connectivity index is 1.43. The van der Waals surface area contributed by atoms with E-state index in [1.807, 2.05) is 0 Å². The lowest BCUT2D eigenvalue weighted by molar-refractivity contribution is -0.136. The molecule has 2 aliphatic heterocycles. The van der Waals surface area contributed by atoms with E-state index in [2.05, 4.69) is 45.7 Å². The third-order valence-electron chi connectivity index (χ3n) is 6.49. The van der Waals surface area contributed by atoms with Crippen molar-refractivity contribution in [3.63, 3.8) is 0 Å². The van der Waals surface area contributed by atoms with Gasteiger partial charge in [0.1, 0.15) is 5.75 Å². The lowest BCUT2D eigenvalue weighted by Crippen LogP contribution is -2.41. The van der Waals surface area contributed by atoms with Gasteiger partial charge in [0.25, 0.3) is 0 Å². The number of likely N-dealkylation sites (tertiary alicyclic amines) is 1. The van der Waals surface area contributed by atoms with Crippen LogP contribution in [0.5, 0.6) is 5.75 Å².